The van der Waals surface area contributed by atoms with Crippen LogP contribution in [0.4, 0.5) is 4.39 Å². The molecule has 1 N–H and O–H groups in total. The summed E-state index contributed by atoms with van der Waals surface area (Å²) in [5.74, 6) is -1.02. The monoisotopic (exact) mass is 365 g/mol. The van der Waals surface area contributed by atoms with Gasteiger partial charge in [-0.2, -0.15) is 0 Å². The van der Waals surface area contributed by atoms with Crippen LogP contribution < -0.4 is 10.1 Å². The molecule has 0 unspecified atom stereocenters. The van der Waals surface area contributed by atoms with Gasteiger partial charge in [0.2, 0.25) is 0 Å². The number of ether oxygens (including phenoxy) is 2. The first-order chi connectivity index (χ1) is 12.0. The summed E-state index contributed by atoms with van der Waals surface area (Å²) in [5.41, 5.74) is 0.914. The summed E-state index contributed by atoms with van der Waals surface area (Å²) in [6.07, 6.45) is -0.0790. The SMILES string of the molecule is COc1ccc(Cl)cc1CC(=O)OCC(=O)NCc1ccccc1F. The van der Waals surface area contributed by atoms with Crippen molar-refractivity contribution >= 4 is 23.5 Å². The summed E-state index contributed by atoms with van der Waals surface area (Å²) in [6.45, 7) is -0.429. The van der Waals surface area contributed by atoms with E-state index < -0.39 is 24.3 Å². The molecule has 0 atom stereocenters. The molecule has 2 aromatic rings. The molecule has 0 saturated heterocycles. The number of halogens is 2. The van der Waals surface area contributed by atoms with Crippen LogP contribution in [0.5, 0.6) is 5.75 Å². The zero-order valence-electron chi connectivity index (χ0n) is 13.6. The number of nitrogens with one attached hydrogen (secondary N) is 1. The quantitative estimate of drug-likeness (QED) is 0.766. The lowest BCUT2D eigenvalue weighted by Crippen LogP contribution is -2.29. The van der Waals surface area contributed by atoms with Crippen LogP contribution in [0.3, 0.4) is 0 Å². The Labute approximate surface area is 149 Å². The number of esters is 1. The second-order valence-electron chi connectivity index (χ2n) is 5.16. The average molecular weight is 366 g/mol. The van der Waals surface area contributed by atoms with Crippen molar-refractivity contribution in [3.63, 3.8) is 0 Å². The highest BCUT2D eigenvalue weighted by molar-refractivity contribution is 6.30. The first kappa shape index (κ1) is 18.7. The molecule has 0 aliphatic heterocycles. The Bertz CT molecular complexity index is 766. The first-order valence-electron chi connectivity index (χ1n) is 7.47. The van der Waals surface area contributed by atoms with Gasteiger partial charge in [-0.05, 0) is 24.3 Å². The Morgan fingerprint density at radius 1 is 1.16 bits per heavy atom. The normalized spacial score (nSPS) is 10.2. The van der Waals surface area contributed by atoms with Crippen LogP contribution >= 0.6 is 11.6 Å². The number of carbonyl (C=O) groups is 2. The van der Waals surface area contributed by atoms with Crippen LogP contribution in [0.15, 0.2) is 42.5 Å². The van der Waals surface area contributed by atoms with Gasteiger partial charge in [0, 0.05) is 22.7 Å². The Morgan fingerprint density at radius 3 is 2.64 bits per heavy atom. The zero-order chi connectivity index (χ0) is 18.2. The predicted octanol–water partition coefficient (Wildman–Crippen LogP) is 2.89. The number of rotatable bonds is 7. The highest BCUT2D eigenvalue weighted by Crippen LogP contribution is 2.23. The van der Waals surface area contributed by atoms with Crippen molar-refractivity contribution < 1.29 is 23.5 Å². The number of methoxy groups -OCH3 is 1. The van der Waals surface area contributed by atoms with E-state index in [-0.39, 0.29) is 13.0 Å². The lowest BCUT2D eigenvalue weighted by Gasteiger charge is -2.10. The molecule has 0 spiro atoms. The predicted molar refractivity (Wildman–Crippen MR) is 90.9 cm³/mol. The molecule has 2 rings (SSSR count). The number of carbonyl (C=O) groups excluding carboxylic acids is 2. The highest BCUT2D eigenvalue weighted by atomic mass is 35.5. The first-order valence-corrected chi connectivity index (χ1v) is 7.85. The molecule has 7 heteroatoms. The van der Waals surface area contributed by atoms with Gasteiger partial charge in [0.05, 0.1) is 13.5 Å². The second-order valence-corrected chi connectivity index (χ2v) is 5.60. The Morgan fingerprint density at radius 2 is 1.92 bits per heavy atom. The molecular weight excluding hydrogens is 349 g/mol. The molecule has 0 heterocycles. The van der Waals surface area contributed by atoms with Crippen LogP contribution in [-0.4, -0.2) is 25.6 Å². The smallest absolute Gasteiger partial charge is 0.310 e. The summed E-state index contributed by atoms with van der Waals surface area (Å²) in [4.78, 5) is 23.6. The van der Waals surface area contributed by atoms with E-state index in [1.165, 1.54) is 13.2 Å². The number of amides is 1. The minimum absolute atomic E-state index is 0.0190. The number of hydrogen-bond acceptors (Lipinski definition) is 4. The fourth-order valence-electron chi connectivity index (χ4n) is 2.12. The van der Waals surface area contributed by atoms with Gasteiger partial charge in [0.15, 0.2) is 6.61 Å². The largest absolute Gasteiger partial charge is 0.496 e. The summed E-state index contributed by atoms with van der Waals surface area (Å²) < 4.78 is 23.5. The summed E-state index contributed by atoms with van der Waals surface area (Å²) >= 11 is 5.89. The van der Waals surface area contributed by atoms with Crippen molar-refractivity contribution in [3.8, 4) is 5.75 Å². The summed E-state index contributed by atoms with van der Waals surface area (Å²) in [5, 5.41) is 2.95. The maximum absolute atomic E-state index is 13.4. The molecule has 0 aliphatic carbocycles. The minimum Gasteiger partial charge on any atom is -0.496 e. The molecule has 0 aromatic heterocycles. The molecule has 0 saturated carbocycles. The van der Waals surface area contributed by atoms with E-state index in [9.17, 15) is 14.0 Å². The van der Waals surface area contributed by atoms with Crippen LogP contribution in [0, 0.1) is 5.82 Å². The molecule has 2 aromatic carbocycles. The van der Waals surface area contributed by atoms with Gasteiger partial charge in [-0.25, -0.2) is 4.39 Å². The Hall–Kier alpha value is -2.60. The lowest BCUT2D eigenvalue weighted by molar-refractivity contribution is -0.147. The summed E-state index contributed by atoms with van der Waals surface area (Å²) in [6, 6.07) is 11.0. The van der Waals surface area contributed by atoms with Gasteiger partial charge >= 0.3 is 5.97 Å². The van der Waals surface area contributed by atoms with Gasteiger partial charge in [0.25, 0.3) is 5.91 Å². The Balaban J connectivity index is 1.81. The van der Waals surface area contributed by atoms with Crippen molar-refractivity contribution in [2.75, 3.05) is 13.7 Å². The van der Waals surface area contributed by atoms with Crippen molar-refractivity contribution in [1.29, 1.82) is 0 Å². The number of hydrogen-bond donors (Lipinski definition) is 1. The molecule has 5 nitrogen and oxygen atoms in total. The van der Waals surface area contributed by atoms with Crippen molar-refractivity contribution in [3.05, 3.63) is 64.4 Å². The van der Waals surface area contributed by atoms with Crippen LogP contribution in [-0.2, 0) is 27.3 Å². The zero-order valence-corrected chi connectivity index (χ0v) is 14.3. The van der Waals surface area contributed by atoms with E-state index >= 15 is 0 Å². The van der Waals surface area contributed by atoms with Crippen LogP contribution in [0.25, 0.3) is 0 Å². The van der Waals surface area contributed by atoms with E-state index in [0.717, 1.165) is 0 Å². The maximum atomic E-state index is 13.4. The minimum atomic E-state index is -0.596. The van der Waals surface area contributed by atoms with Gasteiger partial charge in [-0.15, -0.1) is 0 Å². The van der Waals surface area contributed by atoms with Gasteiger partial charge in [0.1, 0.15) is 11.6 Å². The molecule has 1 amide bonds. The highest BCUT2D eigenvalue weighted by Gasteiger charge is 2.13. The van der Waals surface area contributed by atoms with E-state index in [1.807, 2.05) is 0 Å². The molecule has 132 valence electrons. The molecule has 0 fully saturated rings. The number of benzene rings is 2. The van der Waals surface area contributed by atoms with Gasteiger partial charge < -0.3 is 14.8 Å². The fourth-order valence-corrected chi connectivity index (χ4v) is 2.32. The Kier molecular flexibility index (Phi) is 6.77. The fraction of sp³-hybridized carbons (Fsp3) is 0.222. The molecule has 0 bridgehead atoms. The molecular formula is C18H17ClFNO4. The third-order valence-electron chi connectivity index (χ3n) is 3.38. The third kappa shape index (κ3) is 5.76. The van der Waals surface area contributed by atoms with E-state index in [2.05, 4.69) is 5.32 Å². The average Bonchev–Trinajstić information content (AvgIpc) is 2.59. The van der Waals surface area contributed by atoms with Crippen molar-refractivity contribution in [2.45, 2.75) is 13.0 Å². The molecule has 25 heavy (non-hydrogen) atoms. The topological polar surface area (TPSA) is 64.6 Å². The van der Waals surface area contributed by atoms with Crippen LogP contribution in [0.1, 0.15) is 11.1 Å². The van der Waals surface area contributed by atoms with Gasteiger partial charge in [-0.3, -0.25) is 9.59 Å². The van der Waals surface area contributed by atoms with E-state index in [1.54, 1.807) is 36.4 Å². The maximum Gasteiger partial charge on any atom is 0.310 e. The van der Waals surface area contributed by atoms with E-state index in [0.29, 0.717) is 21.9 Å². The third-order valence-corrected chi connectivity index (χ3v) is 3.61. The van der Waals surface area contributed by atoms with Gasteiger partial charge in [-0.1, -0.05) is 29.8 Å². The van der Waals surface area contributed by atoms with Crippen LogP contribution in [0.2, 0.25) is 5.02 Å². The van der Waals surface area contributed by atoms with Crippen molar-refractivity contribution in [2.24, 2.45) is 0 Å². The standard InChI is InChI=1S/C18H17ClFNO4/c1-24-16-7-6-14(19)8-13(16)9-18(23)25-11-17(22)21-10-12-4-2-3-5-15(12)20/h2-8H,9-11H2,1H3,(H,21,22). The molecule has 0 aliphatic rings. The second kappa shape index (κ2) is 9.03. The lowest BCUT2D eigenvalue weighted by atomic mass is 10.1. The van der Waals surface area contributed by atoms with E-state index in [4.69, 9.17) is 21.1 Å². The van der Waals surface area contributed by atoms with Crippen molar-refractivity contribution in [1.82, 2.24) is 5.32 Å². The molecule has 0 radical (unpaired) electrons. The summed E-state index contributed by atoms with van der Waals surface area (Å²) in [7, 11) is 1.48.